The standard InChI is InChI=1S/C72H90N13O14PS/c1-45(2)60(79-57(86)17-7-6-8-30-83-58(87)24-25-59(83)88)65(91)85(55(62(74)89)16-10-27-73)49-20-18-47(19-21-49)37-98-68(94)81(29-12-34-100(95,96)97)32-33-99-72-41-69(4)38-70(5,42-72)40-71(39-69,43-72)44-84-46(3)52(35-76-84)50-22-23-56(78-61(50)66(92)93)82-31-26-48-13-9-14-51(53(48)36-82)63(90)80-67-77-54-15-11-28-75-64(54)101-67/h9,11,13-15,18-25,28,35,45,55,60H,6-8,10,12,16-17,26-27,29-34,36-44,73H2,1-5H3,(H2,74,89)(H,79,86)(H,92,93)(H,77,80,90)(H2,95,96,97)/t55-,60-,69?,70?,71?,72?/m0/s1. The lowest BCUT2D eigenvalue weighted by Crippen LogP contribution is -2.64. The number of carbonyl (C=O) groups is 8. The maximum Gasteiger partial charge on any atom is 0.410 e. The molecule has 0 spiro atoms. The summed E-state index contributed by atoms with van der Waals surface area (Å²) in [5.41, 5.74) is 16.4. The van der Waals surface area contributed by atoms with Crippen molar-refractivity contribution in [1.82, 2.24) is 39.8 Å². The highest BCUT2D eigenvalue weighted by Crippen LogP contribution is 2.72. The van der Waals surface area contributed by atoms with E-state index < -0.39 is 67.1 Å². The highest BCUT2D eigenvalue weighted by Gasteiger charge is 2.66. The number of unbranched alkanes of at least 4 members (excludes halogenated alkanes) is 2. The van der Waals surface area contributed by atoms with Crippen molar-refractivity contribution in [3.8, 4) is 11.1 Å². The first-order valence-corrected chi connectivity index (χ1v) is 37.2. The molecule has 7 amide bonds. The van der Waals surface area contributed by atoms with Gasteiger partial charge in [-0.2, -0.15) is 5.10 Å². The van der Waals surface area contributed by atoms with Gasteiger partial charge in [-0.1, -0.05) is 69.7 Å². The Morgan fingerprint density at radius 1 is 0.851 bits per heavy atom. The van der Waals surface area contributed by atoms with Crippen LogP contribution in [0.1, 0.15) is 154 Å². The fourth-order valence-corrected chi connectivity index (χ4v) is 18.3. The Kier molecular flexibility index (Phi) is 22.1. The molecule has 538 valence electrons. The molecule has 27 nitrogen and oxygen atoms in total. The number of anilines is 3. The summed E-state index contributed by atoms with van der Waals surface area (Å²) in [6.07, 6.45) is 12.4. The van der Waals surface area contributed by atoms with Gasteiger partial charge < -0.3 is 51.0 Å². The van der Waals surface area contributed by atoms with E-state index in [0.717, 1.165) is 53.8 Å². The van der Waals surface area contributed by atoms with Crippen LogP contribution in [0.2, 0.25) is 0 Å². The molecule has 2 aromatic carbocycles. The number of primary amides is 1. The van der Waals surface area contributed by atoms with E-state index in [9.17, 15) is 57.8 Å². The van der Waals surface area contributed by atoms with Gasteiger partial charge in [0.1, 0.15) is 34.9 Å². The van der Waals surface area contributed by atoms with Crippen molar-refractivity contribution in [1.29, 1.82) is 0 Å². The minimum Gasteiger partial charge on any atom is -0.476 e. The summed E-state index contributed by atoms with van der Waals surface area (Å²) in [4.78, 5) is 146. The molecule has 4 fully saturated rings. The predicted octanol–water partition coefficient (Wildman–Crippen LogP) is 8.67. The maximum absolute atomic E-state index is 14.7. The first kappa shape index (κ1) is 73.4. The predicted molar refractivity (Wildman–Crippen MR) is 378 cm³/mol. The van der Waals surface area contributed by atoms with E-state index in [-0.39, 0.29) is 104 Å². The van der Waals surface area contributed by atoms with Gasteiger partial charge in [0.25, 0.3) is 23.6 Å². The van der Waals surface area contributed by atoms with Crippen molar-refractivity contribution < 1.29 is 67.3 Å². The molecule has 2 unspecified atom stereocenters. The van der Waals surface area contributed by atoms with Crippen LogP contribution in [0.4, 0.5) is 21.4 Å². The van der Waals surface area contributed by atoms with E-state index in [1.807, 2.05) is 40.8 Å². The number of pyridine rings is 2. The van der Waals surface area contributed by atoms with Crippen LogP contribution in [-0.4, -0.2) is 160 Å². The number of thiazole rings is 1. The molecule has 0 saturated heterocycles. The van der Waals surface area contributed by atoms with Crippen LogP contribution in [0.3, 0.4) is 0 Å². The van der Waals surface area contributed by atoms with Gasteiger partial charge in [-0.25, -0.2) is 24.5 Å². The molecular weight excluding hydrogens is 1330 g/mol. The zero-order valence-electron chi connectivity index (χ0n) is 57.7. The third-order valence-electron chi connectivity index (χ3n) is 20.3. The molecule has 0 radical (unpaired) electrons. The van der Waals surface area contributed by atoms with E-state index >= 15 is 0 Å². The fourth-order valence-electron chi connectivity index (χ4n) is 16.9. The lowest BCUT2D eigenvalue weighted by atomic mass is 9.39. The number of aromatic nitrogens is 5. The van der Waals surface area contributed by atoms with Crippen LogP contribution >= 0.6 is 18.9 Å². The molecule has 6 aliphatic rings. The lowest BCUT2D eigenvalue weighted by molar-refractivity contribution is -0.248. The smallest absolute Gasteiger partial charge is 0.410 e. The fraction of sp³-hybridized carbons (Fsp3) is 0.500. The van der Waals surface area contributed by atoms with Crippen molar-refractivity contribution in [3.05, 3.63) is 125 Å². The van der Waals surface area contributed by atoms with Crippen molar-refractivity contribution in [2.75, 3.05) is 60.6 Å². The largest absolute Gasteiger partial charge is 0.476 e. The number of carboxylic acids is 1. The van der Waals surface area contributed by atoms with E-state index in [0.29, 0.717) is 102 Å². The Labute approximate surface area is 590 Å². The summed E-state index contributed by atoms with van der Waals surface area (Å²) in [5.74, 6) is -3.97. The van der Waals surface area contributed by atoms with Gasteiger partial charge in [0.2, 0.25) is 11.8 Å². The molecular formula is C72H90N13O14PS. The topological polar surface area (TPSA) is 378 Å². The number of imide groups is 1. The lowest BCUT2D eigenvalue weighted by Gasteiger charge is -2.69. The Morgan fingerprint density at radius 2 is 1.59 bits per heavy atom. The SMILES string of the molecule is Cc1c(-c2ccc(N3CCc4cccc(C(=O)Nc5nc6cccnc6s5)c4C3)nc2C(=O)O)cnn1CC12CC3(C)CC(C)(C1)CC(OCCN(CCCP(=O)(O)O)C(=O)OCc1ccc(N(C(=O)[C@@H](NC(=O)CCCCCN4C(=O)C=CC4=O)C(C)C)[C@@H](CCCN)C(N)=O)cc1)(C3)C2. The van der Waals surface area contributed by atoms with Gasteiger partial charge in [0, 0.05) is 92.1 Å². The summed E-state index contributed by atoms with van der Waals surface area (Å²) < 4.78 is 27.0. The van der Waals surface area contributed by atoms with Crippen LogP contribution in [0.5, 0.6) is 0 Å². The molecule has 6 aromatic rings. The Hall–Kier alpha value is -8.79. The molecule has 4 aliphatic carbocycles. The average molecular weight is 1420 g/mol. The molecule has 101 heavy (non-hydrogen) atoms. The van der Waals surface area contributed by atoms with Gasteiger partial charge >= 0.3 is 19.7 Å². The Balaban J connectivity index is 0.737. The van der Waals surface area contributed by atoms with Gasteiger partial charge in [-0.15, -0.1) is 0 Å². The number of carboxylic acid groups (broad SMARTS) is 1. The van der Waals surface area contributed by atoms with Gasteiger partial charge in [0.15, 0.2) is 10.8 Å². The molecule has 2 aliphatic heterocycles. The molecule has 4 atom stereocenters. The third-order valence-corrected chi connectivity index (χ3v) is 22.1. The molecule has 4 aromatic heterocycles. The Bertz CT molecular complexity index is 4160. The number of nitrogens with two attached hydrogens (primary N) is 2. The van der Waals surface area contributed by atoms with Gasteiger partial charge in [-0.05, 0) is 172 Å². The number of amides is 7. The number of fused-ring (bicyclic) bond motifs is 2. The molecule has 4 saturated carbocycles. The van der Waals surface area contributed by atoms with E-state index in [4.69, 9.17) is 31.0 Å². The second-order valence-corrected chi connectivity index (χ2v) is 31.8. The second kappa shape index (κ2) is 30.4. The van der Waals surface area contributed by atoms with Gasteiger partial charge in [0.05, 0.1) is 24.6 Å². The zero-order valence-corrected chi connectivity index (χ0v) is 59.4. The number of hydrogen-bond donors (Lipinski definition) is 7. The van der Waals surface area contributed by atoms with Crippen molar-refractivity contribution in [2.45, 2.75) is 162 Å². The van der Waals surface area contributed by atoms with Crippen LogP contribution in [0.25, 0.3) is 21.5 Å². The number of carbonyl (C=O) groups excluding carboxylic acids is 7. The van der Waals surface area contributed by atoms with Crippen LogP contribution in [0.15, 0.2) is 91.3 Å². The summed E-state index contributed by atoms with van der Waals surface area (Å²) in [5, 5.41) is 22.0. The van der Waals surface area contributed by atoms with E-state index in [2.05, 4.69) is 34.4 Å². The van der Waals surface area contributed by atoms with E-state index in [1.54, 1.807) is 68.7 Å². The van der Waals surface area contributed by atoms with Crippen LogP contribution < -0.4 is 31.9 Å². The highest BCUT2D eigenvalue weighted by atomic mass is 32.1. The normalized spacial score (nSPS) is 21.2. The molecule has 4 bridgehead atoms. The number of rotatable bonds is 32. The number of nitrogens with one attached hydrogen (secondary N) is 2. The first-order chi connectivity index (χ1) is 48.0. The third kappa shape index (κ3) is 17.1. The first-order valence-electron chi connectivity index (χ1n) is 34.6. The van der Waals surface area contributed by atoms with E-state index in [1.165, 1.54) is 33.3 Å². The average Bonchev–Trinajstić information content (AvgIpc) is 0.861. The van der Waals surface area contributed by atoms with Crippen molar-refractivity contribution >= 4 is 93.4 Å². The quantitative estimate of drug-likeness (QED) is 0.0118. The summed E-state index contributed by atoms with van der Waals surface area (Å²) in [6, 6.07) is 17.1. The number of benzene rings is 2. The van der Waals surface area contributed by atoms with Crippen LogP contribution in [0, 0.1) is 29.1 Å². The van der Waals surface area contributed by atoms with Crippen LogP contribution in [-0.2, 0) is 64.1 Å². The Morgan fingerprint density at radius 3 is 2.28 bits per heavy atom. The summed E-state index contributed by atoms with van der Waals surface area (Å²) >= 11 is 1.29. The number of aromatic carboxylic acids is 1. The van der Waals surface area contributed by atoms with Crippen molar-refractivity contribution in [2.24, 2.45) is 33.6 Å². The summed E-state index contributed by atoms with van der Waals surface area (Å²) in [7, 11) is -4.43. The van der Waals surface area contributed by atoms with Gasteiger partial charge in [-0.3, -0.25) is 53.1 Å². The van der Waals surface area contributed by atoms with Crippen molar-refractivity contribution in [3.63, 3.8) is 0 Å². The molecule has 6 heterocycles. The monoisotopic (exact) mass is 1420 g/mol. The summed E-state index contributed by atoms with van der Waals surface area (Å²) in [6.45, 7) is 11.9. The number of ether oxygens (including phenoxy) is 2. The number of nitrogens with zero attached hydrogens (tertiary/aromatic N) is 9. The second-order valence-electron chi connectivity index (χ2n) is 29.1. The molecule has 12 rings (SSSR count). The minimum absolute atomic E-state index is 0.0181. The number of hydrogen-bond acceptors (Lipinski definition) is 18. The zero-order chi connectivity index (χ0) is 72.2. The highest BCUT2D eigenvalue weighted by molar-refractivity contribution is 7.51. The molecule has 9 N–H and O–H groups in total. The minimum atomic E-state index is -4.43. The molecule has 29 heteroatoms. The maximum atomic E-state index is 14.7.